The maximum atomic E-state index is 14.2. The van der Waals surface area contributed by atoms with E-state index in [1.54, 1.807) is 0 Å². The lowest BCUT2D eigenvalue weighted by atomic mass is 10.1. The zero-order chi connectivity index (χ0) is 19.9. The van der Waals surface area contributed by atoms with E-state index in [9.17, 15) is 22.7 Å². The molecule has 6 nitrogen and oxygen atoms in total. The van der Waals surface area contributed by atoms with E-state index in [0.717, 1.165) is 4.31 Å². The van der Waals surface area contributed by atoms with Gasteiger partial charge in [0, 0.05) is 25.6 Å². The average Bonchev–Trinajstić information content (AvgIpc) is 2.53. The molecule has 8 heteroatoms. The molecule has 26 heavy (non-hydrogen) atoms. The van der Waals surface area contributed by atoms with Crippen LogP contribution >= 0.6 is 0 Å². The Hall–Kier alpha value is -1.51. The molecule has 0 spiro atoms. The van der Waals surface area contributed by atoms with Gasteiger partial charge in [0.15, 0.2) is 0 Å². The minimum atomic E-state index is -3.94. The van der Waals surface area contributed by atoms with E-state index >= 15 is 0 Å². The van der Waals surface area contributed by atoms with Gasteiger partial charge in [0.1, 0.15) is 5.82 Å². The highest BCUT2D eigenvalue weighted by atomic mass is 32.2. The highest BCUT2D eigenvalue weighted by molar-refractivity contribution is 7.89. The summed E-state index contributed by atoms with van der Waals surface area (Å²) in [6, 6.07) is 3.86. The number of sulfonamides is 1. The van der Waals surface area contributed by atoms with Crippen LogP contribution in [0.3, 0.4) is 0 Å². The van der Waals surface area contributed by atoms with E-state index in [1.807, 2.05) is 13.8 Å². The zero-order valence-corrected chi connectivity index (χ0v) is 16.6. The van der Waals surface area contributed by atoms with Crippen LogP contribution in [0.15, 0.2) is 23.1 Å². The van der Waals surface area contributed by atoms with Crippen LogP contribution in [-0.2, 0) is 26.0 Å². The van der Waals surface area contributed by atoms with Gasteiger partial charge in [0.25, 0.3) is 0 Å². The maximum absolute atomic E-state index is 14.2. The molecule has 0 heterocycles. The molecule has 0 amide bonds. The van der Waals surface area contributed by atoms with Crippen molar-refractivity contribution in [3.8, 4) is 0 Å². The molecule has 1 aromatic rings. The number of hydrogen-bond acceptors (Lipinski definition) is 5. The molecule has 0 aliphatic rings. The summed E-state index contributed by atoms with van der Waals surface area (Å²) in [5.41, 5.74) is 0.0432. The lowest BCUT2D eigenvalue weighted by Gasteiger charge is -2.20. The van der Waals surface area contributed by atoms with E-state index in [1.165, 1.54) is 32.2 Å². The first-order chi connectivity index (χ1) is 12.1. The summed E-state index contributed by atoms with van der Waals surface area (Å²) in [6.07, 6.45) is -0.382. The molecule has 0 aliphatic heterocycles. The molecule has 1 atom stereocenters. The van der Waals surface area contributed by atoms with Gasteiger partial charge in [-0.15, -0.1) is 0 Å². The lowest BCUT2D eigenvalue weighted by molar-refractivity contribution is -0.144. The first-order valence-corrected chi connectivity index (χ1v) is 10.1. The minimum absolute atomic E-state index is 0.0432. The van der Waals surface area contributed by atoms with Crippen molar-refractivity contribution >= 4 is 16.0 Å². The second kappa shape index (κ2) is 9.99. The van der Waals surface area contributed by atoms with Crippen LogP contribution in [0.5, 0.6) is 0 Å². The first kappa shape index (κ1) is 22.5. The summed E-state index contributed by atoms with van der Waals surface area (Å²) in [5, 5.41) is 9.42. The van der Waals surface area contributed by atoms with Crippen molar-refractivity contribution in [2.45, 2.75) is 51.0 Å². The number of likely N-dealkylation sites (N-methyl/N-ethyl adjacent to an activating group) is 1. The van der Waals surface area contributed by atoms with Gasteiger partial charge in [-0.1, -0.05) is 19.9 Å². The molecule has 0 radical (unpaired) electrons. The molecule has 0 saturated heterocycles. The van der Waals surface area contributed by atoms with Crippen molar-refractivity contribution in [2.24, 2.45) is 5.92 Å². The quantitative estimate of drug-likeness (QED) is 0.621. The summed E-state index contributed by atoms with van der Waals surface area (Å²) in [4.78, 5) is 11.5. The number of aliphatic hydroxyl groups excluding tert-OH is 1. The number of ether oxygens (including phenoxy) is 1. The second-order valence-corrected chi connectivity index (χ2v) is 8.79. The van der Waals surface area contributed by atoms with E-state index in [4.69, 9.17) is 4.74 Å². The van der Waals surface area contributed by atoms with Crippen LogP contribution in [0.25, 0.3) is 0 Å². The fourth-order valence-electron chi connectivity index (χ4n) is 2.40. The zero-order valence-electron chi connectivity index (χ0n) is 15.7. The minimum Gasteiger partial charge on any atom is -0.465 e. The number of nitrogens with zero attached hydrogens (tertiary/aromatic N) is 1. The largest absolute Gasteiger partial charge is 0.465 e. The molecule has 1 N–H and O–H groups in total. The smallest absolute Gasteiger partial charge is 0.305 e. The lowest BCUT2D eigenvalue weighted by Crippen LogP contribution is -2.33. The Balaban J connectivity index is 2.88. The van der Waals surface area contributed by atoms with Gasteiger partial charge in [-0.05, 0) is 37.8 Å². The summed E-state index contributed by atoms with van der Waals surface area (Å²) in [6.45, 7) is 5.55. The number of esters is 1. The molecule has 1 rings (SSSR count). The summed E-state index contributed by atoms with van der Waals surface area (Å²) in [7, 11) is -2.61. The standard InChI is InChI=1S/C18H28FNO5S/c1-13(2)12-25-18(22)10-5-7-15-16(19)8-6-9-17(15)26(23,24)20(4)11-14(3)21/h6,8-9,13-14,21H,5,7,10-12H2,1-4H3/t14-/m0/s1. The number of halogens is 1. The highest BCUT2D eigenvalue weighted by Gasteiger charge is 2.26. The Labute approximate surface area is 155 Å². The normalized spacial score (nSPS) is 13.2. The molecule has 0 aliphatic carbocycles. The van der Waals surface area contributed by atoms with Gasteiger partial charge in [0.2, 0.25) is 10.0 Å². The van der Waals surface area contributed by atoms with Crippen molar-refractivity contribution < 1.29 is 27.4 Å². The SMILES string of the molecule is CC(C)COC(=O)CCCc1c(F)cccc1S(=O)(=O)N(C)C[C@H](C)O. The maximum Gasteiger partial charge on any atom is 0.305 e. The third-order valence-corrected chi connectivity index (χ3v) is 5.58. The third-order valence-electron chi connectivity index (χ3n) is 3.67. The summed E-state index contributed by atoms with van der Waals surface area (Å²) < 4.78 is 45.6. The predicted molar refractivity (Wildman–Crippen MR) is 96.6 cm³/mol. The highest BCUT2D eigenvalue weighted by Crippen LogP contribution is 2.24. The van der Waals surface area contributed by atoms with Crippen molar-refractivity contribution in [3.05, 3.63) is 29.6 Å². The van der Waals surface area contributed by atoms with Crippen LogP contribution in [0.2, 0.25) is 0 Å². The molecule has 1 aromatic carbocycles. The number of rotatable bonds is 10. The number of carbonyl (C=O) groups is 1. The van der Waals surface area contributed by atoms with Gasteiger partial charge in [0.05, 0.1) is 17.6 Å². The van der Waals surface area contributed by atoms with Gasteiger partial charge >= 0.3 is 5.97 Å². The fraction of sp³-hybridized carbons (Fsp3) is 0.611. The molecule has 148 valence electrons. The van der Waals surface area contributed by atoms with Gasteiger partial charge in [-0.2, -0.15) is 4.31 Å². The van der Waals surface area contributed by atoms with Crippen molar-refractivity contribution in [1.29, 1.82) is 0 Å². The van der Waals surface area contributed by atoms with Crippen LogP contribution in [0, 0.1) is 11.7 Å². The van der Waals surface area contributed by atoms with Crippen LogP contribution in [0.1, 0.15) is 39.2 Å². The monoisotopic (exact) mass is 389 g/mol. The molecule has 0 unspecified atom stereocenters. The van der Waals surface area contributed by atoms with E-state index in [0.29, 0.717) is 6.61 Å². The third kappa shape index (κ3) is 6.66. The molecule has 0 saturated carbocycles. The summed E-state index contributed by atoms with van der Waals surface area (Å²) >= 11 is 0. The van der Waals surface area contributed by atoms with E-state index in [2.05, 4.69) is 0 Å². The van der Waals surface area contributed by atoms with Crippen molar-refractivity contribution in [3.63, 3.8) is 0 Å². The Morgan fingerprint density at radius 3 is 2.54 bits per heavy atom. The van der Waals surface area contributed by atoms with Crippen molar-refractivity contribution in [2.75, 3.05) is 20.2 Å². The summed E-state index contributed by atoms with van der Waals surface area (Å²) in [5.74, 6) is -0.788. The molecular formula is C18H28FNO5S. The topological polar surface area (TPSA) is 83.9 Å². The number of aliphatic hydroxyl groups is 1. The number of hydrogen-bond donors (Lipinski definition) is 1. The van der Waals surface area contributed by atoms with Crippen LogP contribution in [-0.4, -0.2) is 50.1 Å². The van der Waals surface area contributed by atoms with Crippen LogP contribution < -0.4 is 0 Å². The molecule has 0 bridgehead atoms. The predicted octanol–water partition coefficient (Wildman–Crippen LogP) is 2.35. The Kier molecular flexibility index (Phi) is 8.66. The molecule has 0 aromatic heterocycles. The number of carbonyl (C=O) groups excluding carboxylic acids is 1. The Morgan fingerprint density at radius 1 is 1.31 bits per heavy atom. The Morgan fingerprint density at radius 2 is 1.96 bits per heavy atom. The van der Waals surface area contributed by atoms with E-state index < -0.39 is 21.9 Å². The van der Waals surface area contributed by atoms with Gasteiger partial charge in [-0.25, -0.2) is 12.8 Å². The van der Waals surface area contributed by atoms with Crippen molar-refractivity contribution in [1.82, 2.24) is 4.31 Å². The fourth-order valence-corrected chi connectivity index (χ4v) is 3.91. The number of benzene rings is 1. The molecular weight excluding hydrogens is 361 g/mol. The first-order valence-electron chi connectivity index (χ1n) is 8.63. The average molecular weight is 389 g/mol. The van der Waals surface area contributed by atoms with E-state index in [-0.39, 0.29) is 48.2 Å². The van der Waals surface area contributed by atoms with Gasteiger partial charge in [-0.3, -0.25) is 4.79 Å². The second-order valence-electron chi connectivity index (χ2n) is 6.78. The van der Waals surface area contributed by atoms with Crippen LogP contribution in [0.4, 0.5) is 4.39 Å². The molecule has 0 fully saturated rings. The van der Waals surface area contributed by atoms with Gasteiger partial charge < -0.3 is 9.84 Å². The Bertz CT molecular complexity index is 704.